The molecule has 2 rings (SSSR count). The number of rotatable bonds is 6. The first-order valence-electron chi connectivity index (χ1n) is 8.53. The molecule has 1 aliphatic carbocycles. The number of hydrogen-bond donors (Lipinski definition) is 2. The van der Waals surface area contributed by atoms with Gasteiger partial charge in [0.2, 0.25) is 0 Å². The zero-order valence-electron chi connectivity index (χ0n) is 14.7. The van der Waals surface area contributed by atoms with Crippen molar-refractivity contribution in [3.05, 3.63) is 34.2 Å². The number of nitrogens with one attached hydrogen (secondary N) is 1. The Morgan fingerprint density at radius 3 is 2.52 bits per heavy atom. The fourth-order valence-corrected chi connectivity index (χ4v) is 4.16. The Bertz CT molecular complexity index is 780. The molecule has 0 aliphatic heterocycles. The second-order valence-electron chi connectivity index (χ2n) is 7.02. The van der Waals surface area contributed by atoms with Crippen LogP contribution in [0.4, 0.5) is 0 Å². The summed E-state index contributed by atoms with van der Waals surface area (Å²) in [5.74, 6) is -0.584. The average molecular weight is 370 g/mol. The maximum Gasteiger partial charge on any atom is 0.264 e. The van der Waals surface area contributed by atoms with Gasteiger partial charge in [-0.05, 0) is 43.7 Å². The van der Waals surface area contributed by atoms with Gasteiger partial charge in [-0.25, -0.2) is 13.9 Å². The lowest BCUT2D eigenvalue weighted by atomic mass is 9.84. The highest BCUT2D eigenvalue weighted by Gasteiger charge is 2.43. The number of pyridine rings is 1. The van der Waals surface area contributed by atoms with Crippen LogP contribution in [0.1, 0.15) is 56.9 Å². The highest BCUT2D eigenvalue weighted by molar-refractivity contribution is 7.92. The van der Waals surface area contributed by atoms with Crippen LogP contribution < -0.4 is 11.0 Å². The number of carbonyl (C=O) groups is 1. The summed E-state index contributed by atoms with van der Waals surface area (Å²) in [6.45, 7) is 1.32. The van der Waals surface area contributed by atoms with Gasteiger partial charge in [-0.3, -0.25) is 14.8 Å². The van der Waals surface area contributed by atoms with E-state index >= 15 is 0 Å². The van der Waals surface area contributed by atoms with Crippen LogP contribution in [0.3, 0.4) is 0 Å². The first kappa shape index (κ1) is 19.7. The molecule has 140 valence electrons. The van der Waals surface area contributed by atoms with Crippen LogP contribution >= 0.6 is 0 Å². The van der Waals surface area contributed by atoms with Gasteiger partial charge in [0.1, 0.15) is 0 Å². The van der Waals surface area contributed by atoms with E-state index in [9.17, 15) is 18.0 Å². The van der Waals surface area contributed by atoms with Crippen LogP contribution in [0.2, 0.25) is 0 Å². The molecular weight excluding hydrogens is 344 g/mol. The summed E-state index contributed by atoms with van der Waals surface area (Å²) in [4.78, 5) is 24.2. The third kappa shape index (κ3) is 4.30. The third-order valence-electron chi connectivity index (χ3n) is 5.33. The molecule has 1 amide bonds. The largest absolute Gasteiger partial charge is 0.315 e. The van der Waals surface area contributed by atoms with Crippen molar-refractivity contribution in [3.63, 3.8) is 0 Å². The molecule has 0 unspecified atom stereocenters. The van der Waals surface area contributed by atoms with Crippen LogP contribution in [0.15, 0.2) is 23.1 Å². The Morgan fingerprint density at radius 1 is 1.36 bits per heavy atom. The van der Waals surface area contributed by atoms with Crippen molar-refractivity contribution in [1.29, 1.82) is 0 Å². The van der Waals surface area contributed by atoms with Crippen molar-refractivity contribution in [2.24, 2.45) is 0 Å². The van der Waals surface area contributed by atoms with Crippen LogP contribution in [-0.2, 0) is 21.2 Å². The summed E-state index contributed by atoms with van der Waals surface area (Å²) in [5, 5.41) is 8.83. The normalized spacial score (nSPS) is 18.5. The molecule has 1 aromatic rings. The van der Waals surface area contributed by atoms with Crippen LogP contribution in [0.25, 0.3) is 0 Å². The third-order valence-corrected chi connectivity index (χ3v) is 7.35. The molecule has 1 aliphatic rings. The lowest BCUT2D eigenvalue weighted by Gasteiger charge is -2.25. The number of aromatic nitrogens is 1. The molecule has 1 heterocycles. The number of nitrogens with zero attached hydrogens (tertiary/aromatic N) is 1. The van der Waals surface area contributed by atoms with E-state index in [0.717, 1.165) is 24.7 Å². The van der Waals surface area contributed by atoms with Gasteiger partial charge in [0.05, 0.1) is 0 Å². The zero-order chi connectivity index (χ0) is 18.7. The SMILES string of the molecule is C[C@@](CCn1ccc(C2CCCCC2)cc1=O)(C(=O)NO)S(C)(=O)=O. The standard InChI is InChI=1S/C17H26N2O5S/c1-17(16(21)18-22,25(2,23)24)9-11-19-10-8-14(12-15(19)20)13-6-4-3-5-7-13/h8,10,12-13,22H,3-7,9,11H2,1-2H3,(H,18,21)/t17-/m1/s1. The molecule has 8 heteroatoms. The van der Waals surface area contributed by atoms with Crippen molar-refractivity contribution < 1.29 is 18.4 Å². The number of carbonyl (C=O) groups excluding carboxylic acids is 1. The van der Waals surface area contributed by atoms with E-state index in [1.165, 1.54) is 36.2 Å². The van der Waals surface area contributed by atoms with Gasteiger partial charge in [0.15, 0.2) is 14.6 Å². The summed E-state index contributed by atoms with van der Waals surface area (Å²) in [5.41, 5.74) is 2.23. The molecular formula is C17H26N2O5S. The van der Waals surface area contributed by atoms with Crippen molar-refractivity contribution in [1.82, 2.24) is 10.0 Å². The quantitative estimate of drug-likeness (QED) is 0.584. The van der Waals surface area contributed by atoms with E-state index in [1.54, 1.807) is 12.3 Å². The van der Waals surface area contributed by atoms with E-state index < -0.39 is 20.5 Å². The number of hydroxylamine groups is 1. The van der Waals surface area contributed by atoms with Crippen molar-refractivity contribution in [2.75, 3.05) is 6.26 Å². The molecule has 0 aromatic carbocycles. The summed E-state index contributed by atoms with van der Waals surface area (Å²) in [6.07, 6.45) is 8.26. The Kier molecular flexibility index (Phi) is 6.05. The van der Waals surface area contributed by atoms with Gasteiger partial charge in [-0.1, -0.05) is 19.3 Å². The topological polar surface area (TPSA) is 105 Å². The van der Waals surface area contributed by atoms with Gasteiger partial charge >= 0.3 is 0 Å². The molecule has 1 aromatic heterocycles. The number of sulfone groups is 1. The Labute approximate surface area is 147 Å². The van der Waals surface area contributed by atoms with Gasteiger partial charge < -0.3 is 4.57 Å². The second-order valence-corrected chi connectivity index (χ2v) is 9.47. The molecule has 1 atom stereocenters. The molecule has 7 nitrogen and oxygen atoms in total. The summed E-state index contributed by atoms with van der Waals surface area (Å²) >= 11 is 0. The van der Waals surface area contributed by atoms with Gasteiger partial charge in [-0.15, -0.1) is 0 Å². The predicted molar refractivity (Wildman–Crippen MR) is 94.3 cm³/mol. The van der Waals surface area contributed by atoms with Gasteiger partial charge in [-0.2, -0.15) is 0 Å². The summed E-state index contributed by atoms with van der Waals surface area (Å²) in [7, 11) is -3.77. The van der Waals surface area contributed by atoms with E-state index in [0.29, 0.717) is 5.92 Å². The Hall–Kier alpha value is -1.67. The molecule has 0 radical (unpaired) electrons. The lowest BCUT2D eigenvalue weighted by molar-refractivity contribution is -0.131. The molecule has 0 spiro atoms. The first-order valence-corrected chi connectivity index (χ1v) is 10.4. The van der Waals surface area contributed by atoms with E-state index in [-0.39, 0.29) is 18.5 Å². The maximum absolute atomic E-state index is 12.4. The molecule has 0 saturated heterocycles. The molecule has 1 fully saturated rings. The molecule has 25 heavy (non-hydrogen) atoms. The van der Waals surface area contributed by atoms with Crippen molar-refractivity contribution in [2.45, 2.75) is 62.7 Å². The minimum atomic E-state index is -3.77. The lowest BCUT2D eigenvalue weighted by Crippen LogP contribution is -2.49. The fraction of sp³-hybridized carbons (Fsp3) is 0.647. The highest BCUT2D eigenvalue weighted by atomic mass is 32.2. The minimum Gasteiger partial charge on any atom is -0.315 e. The number of hydrogen-bond acceptors (Lipinski definition) is 5. The molecule has 0 bridgehead atoms. The Morgan fingerprint density at radius 2 is 2.00 bits per heavy atom. The monoisotopic (exact) mass is 370 g/mol. The number of amides is 1. The van der Waals surface area contributed by atoms with Crippen LogP contribution in [-0.4, -0.2) is 35.1 Å². The smallest absolute Gasteiger partial charge is 0.264 e. The summed E-state index contributed by atoms with van der Waals surface area (Å²) in [6, 6.07) is 3.52. The minimum absolute atomic E-state index is 0.0702. The molecule has 2 N–H and O–H groups in total. The van der Waals surface area contributed by atoms with Crippen molar-refractivity contribution >= 4 is 15.7 Å². The van der Waals surface area contributed by atoms with E-state index in [1.807, 2.05) is 6.07 Å². The molecule has 1 saturated carbocycles. The first-order chi connectivity index (χ1) is 11.7. The average Bonchev–Trinajstić information content (AvgIpc) is 2.59. The van der Waals surface area contributed by atoms with E-state index in [2.05, 4.69) is 0 Å². The van der Waals surface area contributed by atoms with Gasteiger partial charge in [0.25, 0.3) is 11.5 Å². The van der Waals surface area contributed by atoms with Crippen molar-refractivity contribution in [3.8, 4) is 0 Å². The van der Waals surface area contributed by atoms with Gasteiger partial charge in [0, 0.05) is 25.1 Å². The fourth-order valence-electron chi connectivity index (χ4n) is 3.32. The zero-order valence-corrected chi connectivity index (χ0v) is 15.5. The summed E-state index contributed by atoms with van der Waals surface area (Å²) < 4.78 is 23.5. The number of aryl methyl sites for hydroxylation is 1. The van der Waals surface area contributed by atoms with E-state index in [4.69, 9.17) is 5.21 Å². The predicted octanol–water partition coefficient (Wildman–Crippen LogP) is 1.59. The maximum atomic E-state index is 12.4. The Balaban J connectivity index is 2.17. The van der Waals surface area contributed by atoms with Crippen LogP contribution in [0, 0.1) is 0 Å². The highest BCUT2D eigenvalue weighted by Crippen LogP contribution is 2.31. The van der Waals surface area contributed by atoms with Crippen LogP contribution in [0.5, 0.6) is 0 Å². The second kappa shape index (κ2) is 7.70.